The van der Waals surface area contributed by atoms with Crippen LogP contribution < -0.4 is 15.5 Å². The molecule has 8 nitrogen and oxygen atoms in total. The predicted molar refractivity (Wildman–Crippen MR) is 151 cm³/mol. The van der Waals surface area contributed by atoms with Gasteiger partial charge in [0, 0.05) is 4.88 Å². The van der Waals surface area contributed by atoms with Gasteiger partial charge in [0.1, 0.15) is 17.4 Å². The van der Waals surface area contributed by atoms with Crippen LogP contribution in [-0.4, -0.2) is 31.1 Å². The summed E-state index contributed by atoms with van der Waals surface area (Å²) in [6, 6.07) is 21.5. The molecule has 0 aliphatic heterocycles. The lowest BCUT2D eigenvalue weighted by Gasteiger charge is -2.11. The molecule has 1 aromatic heterocycles. The van der Waals surface area contributed by atoms with Crippen molar-refractivity contribution in [2.75, 3.05) is 12.4 Å². The normalized spacial score (nSPS) is 12.6. The Balaban J connectivity index is 1.19. The molecule has 4 aromatic rings. The fourth-order valence-corrected chi connectivity index (χ4v) is 5.88. The second-order valence-corrected chi connectivity index (χ2v) is 10.2. The fraction of sp³-hybridized carbons (Fsp3) is 0.200. The number of nitrogens with zero attached hydrogens (tertiary/aromatic N) is 1. The highest BCUT2D eigenvalue weighted by atomic mass is 32.1. The molecular weight excluding hydrogens is 514 g/mol. The van der Waals surface area contributed by atoms with Crippen LogP contribution in [0.2, 0.25) is 0 Å². The van der Waals surface area contributed by atoms with Gasteiger partial charge in [0.15, 0.2) is 0 Å². The first-order valence-electron chi connectivity index (χ1n) is 12.6. The first kappa shape index (κ1) is 26.1. The molecule has 2 N–H and O–H groups in total. The zero-order valence-electron chi connectivity index (χ0n) is 21.4. The molecule has 0 atom stereocenters. The number of amides is 2. The number of nitrogens with one attached hydrogen (secondary N) is 2. The first-order chi connectivity index (χ1) is 19.0. The highest BCUT2D eigenvalue weighted by molar-refractivity contribution is 7.17. The molecule has 0 radical (unpaired) electrons. The zero-order valence-corrected chi connectivity index (χ0v) is 22.2. The van der Waals surface area contributed by atoms with E-state index >= 15 is 0 Å². The number of carbonyl (C=O) groups is 3. The molecule has 0 spiro atoms. The quantitative estimate of drug-likeness (QED) is 0.144. The third-order valence-corrected chi connectivity index (χ3v) is 7.71. The van der Waals surface area contributed by atoms with Gasteiger partial charge in [0.05, 0.1) is 18.9 Å². The minimum atomic E-state index is -0.947. The number of fused-ring (bicyclic) bond motifs is 2. The molecule has 0 unspecified atom stereocenters. The molecule has 198 valence electrons. The second-order valence-electron chi connectivity index (χ2n) is 9.06. The lowest BCUT2D eigenvalue weighted by Crippen LogP contribution is -2.32. The van der Waals surface area contributed by atoms with Gasteiger partial charge >= 0.3 is 17.8 Å². The number of anilines is 1. The van der Waals surface area contributed by atoms with Crippen LogP contribution in [0.5, 0.6) is 5.75 Å². The van der Waals surface area contributed by atoms with Crippen molar-refractivity contribution in [1.29, 1.82) is 0 Å². The van der Waals surface area contributed by atoms with E-state index in [-0.39, 0.29) is 0 Å². The van der Waals surface area contributed by atoms with E-state index in [1.165, 1.54) is 24.7 Å². The summed E-state index contributed by atoms with van der Waals surface area (Å²) in [7, 11) is 1.30. The first-order valence-corrected chi connectivity index (χ1v) is 13.4. The summed E-state index contributed by atoms with van der Waals surface area (Å²) in [6.45, 7) is 0.401. The molecule has 0 saturated heterocycles. The Hall–Kier alpha value is -4.50. The van der Waals surface area contributed by atoms with Crippen LogP contribution in [0.4, 0.5) is 5.00 Å². The topological polar surface area (TPSA) is 106 Å². The van der Waals surface area contributed by atoms with E-state index in [0.29, 0.717) is 28.5 Å². The Labute approximate surface area is 229 Å². The number of methoxy groups -OCH3 is 1. The van der Waals surface area contributed by atoms with Crippen LogP contribution in [0, 0.1) is 0 Å². The molecule has 1 heterocycles. The highest BCUT2D eigenvalue weighted by Gasteiger charge is 2.28. The molecule has 0 fully saturated rings. The zero-order chi connectivity index (χ0) is 27.2. The van der Waals surface area contributed by atoms with E-state index in [2.05, 4.69) is 34.0 Å². The van der Waals surface area contributed by atoms with E-state index in [9.17, 15) is 14.4 Å². The third-order valence-electron chi connectivity index (χ3n) is 6.51. The Morgan fingerprint density at radius 3 is 2.64 bits per heavy atom. The van der Waals surface area contributed by atoms with Crippen molar-refractivity contribution >= 4 is 51.1 Å². The van der Waals surface area contributed by atoms with Crippen molar-refractivity contribution in [3.63, 3.8) is 0 Å². The maximum Gasteiger partial charge on any atom is 0.341 e. The van der Waals surface area contributed by atoms with Crippen LogP contribution in [0.15, 0.2) is 71.8 Å². The van der Waals surface area contributed by atoms with Crippen LogP contribution in [-0.2, 0) is 33.8 Å². The number of carbonyl (C=O) groups excluding carboxylic acids is 3. The van der Waals surface area contributed by atoms with E-state index in [0.717, 1.165) is 52.5 Å². The number of esters is 1. The average Bonchev–Trinajstić information content (AvgIpc) is 3.33. The molecule has 0 bridgehead atoms. The molecule has 1 aliphatic carbocycles. The van der Waals surface area contributed by atoms with Gasteiger partial charge in [-0.25, -0.2) is 10.2 Å². The highest BCUT2D eigenvalue weighted by Crippen LogP contribution is 2.38. The molecule has 5 rings (SSSR count). The van der Waals surface area contributed by atoms with Crippen molar-refractivity contribution < 1.29 is 23.9 Å². The van der Waals surface area contributed by atoms with Crippen molar-refractivity contribution in [3.8, 4) is 5.75 Å². The average molecular weight is 542 g/mol. The third kappa shape index (κ3) is 5.99. The summed E-state index contributed by atoms with van der Waals surface area (Å²) in [4.78, 5) is 38.3. The lowest BCUT2D eigenvalue weighted by atomic mass is 9.95. The molecule has 9 heteroatoms. The summed E-state index contributed by atoms with van der Waals surface area (Å²) in [5.74, 6) is -1.74. The van der Waals surface area contributed by atoms with Gasteiger partial charge in [-0.1, -0.05) is 54.6 Å². The number of hydrogen-bond donors (Lipinski definition) is 2. The lowest BCUT2D eigenvalue weighted by molar-refractivity contribution is -0.136. The number of hydrazone groups is 1. The minimum absolute atomic E-state index is 0.328. The smallest absolute Gasteiger partial charge is 0.341 e. The number of hydrogen-bond acceptors (Lipinski definition) is 7. The monoisotopic (exact) mass is 541 g/mol. The molecule has 1 aliphatic rings. The summed E-state index contributed by atoms with van der Waals surface area (Å²) in [5.41, 5.74) is 5.23. The number of thiophene rings is 1. The SMILES string of the molecule is COC(=O)c1c(NC(=O)C(=O)N/N=C/c2cccc(OCc3cccc4ccccc34)c2)sc2c1CCCC2. The number of ether oxygens (including phenoxy) is 2. The summed E-state index contributed by atoms with van der Waals surface area (Å²) in [5, 5.41) is 9.09. The van der Waals surface area contributed by atoms with Crippen molar-refractivity contribution in [2.24, 2.45) is 5.10 Å². The molecule has 2 amide bonds. The molecule has 3 aromatic carbocycles. The Bertz CT molecular complexity index is 1570. The molecule has 0 saturated carbocycles. The van der Waals surface area contributed by atoms with Crippen LogP contribution in [0.3, 0.4) is 0 Å². The number of aryl methyl sites for hydroxylation is 1. The summed E-state index contributed by atoms with van der Waals surface area (Å²) < 4.78 is 10.9. The van der Waals surface area contributed by atoms with E-state index in [1.54, 1.807) is 12.1 Å². The fourth-order valence-electron chi connectivity index (χ4n) is 4.61. The Morgan fingerprint density at radius 2 is 1.77 bits per heavy atom. The standard InChI is InChI=1S/C30H27N3O5S/c1-37-30(36)26-24-14-4-5-15-25(24)39-29(26)32-27(34)28(35)33-31-17-19-8-6-12-22(16-19)38-18-21-11-7-10-20-9-2-3-13-23(20)21/h2-3,6-13,16-17H,4-5,14-15,18H2,1H3,(H,32,34)(H,33,35)/b31-17+. The van der Waals surface area contributed by atoms with E-state index in [4.69, 9.17) is 9.47 Å². The van der Waals surface area contributed by atoms with E-state index < -0.39 is 17.8 Å². The summed E-state index contributed by atoms with van der Waals surface area (Å²) >= 11 is 1.31. The number of rotatable bonds is 7. The summed E-state index contributed by atoms with van der Waals surface area (Å²) in [6.07, 6.45) is 4.99. The predicted octanol–water partition coefficient (Wildman–Crippen LogP) is 5.23. The van der Waals surface area contributed by atoms with Crippen molar-refractivity contribution in [1.82, 2.24) is 5.43 Å². The largest absolute Gasteiger partial charge is 0.489 e. The van der Waals surface area contributed by atoms with Gasteiger partial charge in [-0.3, -0.25) is 9.59 Å². The maximum absolute atomic E-state index is 12.5. The maximum atomic E-state index is 12.5. The van der Waals surface area contributed by atoms with Crippen molar-refractivity contribution in [2.45, 2.75) is 32.3 Å². The van der Waals surface area contributed by atoms with E-state index in [1.807, 2.05) is 36.4 Å². The van der Waals surface area contributed by atoms with Gasteiger partial charge in [0.2, 0.25) is 0 Å². The Kier molecular flexibility index (Phi) is 7.98. The molecular formula is C30H27N3O5S. The minimum Gasteiger partial charge on any atom is -0.489 e. The van der Waals surface area contributed by atoms with Gasteiger partial charge in [-0.15, -0.1) is 11.3 Å². The van der Waals surface area contributed by atoms with Crippen LogP contribution in [0.25, 0.3) is 10.8 Å². The molecule has 39 heavy (non-hydrogen) atoms. The second kappa shape index (κ2) is 11.9. The van der Waals surface area contributed by atoms with Crippen LogP contribution >= 0.6 is 11.3 Å². The Morgan fingerprint density at radius 1 is 0.974 bits per heavy atom. The van der Waals surface area contributed by atoms with Gasteiger partial charge < -0.3 is 14.8 Å². The van der Waals surface area contributed by atoms with Crippen molar-refractivity contribution in [3.05, 3.63) is 93.9 Å². The number of benzene rings is 3. The van der Waals surface area contributed by atoms with Gasteiger partial charge in [0.25, 0.3) is 0 Å². The van der Waals surface area contributed by atoms with Gasteiger partial charge in [-0.05, 0) is 65.3 Å². The van der Waals surface area contributed by atoms with Gasteiger partial charge in [-0.2, -0.15) is 5.10 Å². The van der Waals surface area contributed by atoms with Crippen LogP contribution in [0.1, 0.15) is 44.8 Å².